The van der Waals surface area contributed by atoms with Gasteiger partial charge in [0, 0.05) is 0 Å². The van der Waals surface area contributed by atoms with Gasteiger partial charge in [0.1, 0.15) is 0 Å². The first-order chi connectivity index (χ1) is 6.50. The molecule has 0 spiro atoms. The summed E-state index contributed by atoms with van der Waals surface area (Å²) >= 11 is 0. The Kier molecular flexibility index (Phi) is 6.58. The lowest BCUT2D eigenvalue weighted by molar-refractivity contribution is 0.695. The van der Waals surface area contributed by atoms with Crippen molar-refractivity contribution >= 4 is 0 Å². The second kappa shape index (κ2) is 8.10. The molecule has 0 bridgehead atoms. The first-order valence-electron chi connectivity index (χ1n) is 5.80. The molecule has 74 valence electrons. The topological polar surface area (TPSA) is 0 Å². The summed E-state index contributed by atoms with van der Waals surface area (Å²) in [5, 5.41) is 0. The summed E-state index contributed by atoms with van der Waals surface area (Å²) in [5.74, 6) is 0. The van der Waals surface area contributed by atoms with E-state index in [-0.39, 0.29) is 0 Å². The summed E-state index contributed by atoms with van der Waals surface area (Å²) in [4.78, 5) is 0. The van der Waals surface area contributed by atoms with Gasteiger partial charge in [-0.15, -0.1) is 0 Å². The van der Waals surface area contributed by atoms with Crippen molar-refractivity contribution in [3.63, 3.8) is 0 Å². The Hall–Kier alpha value is -0.520. The van der Waals surface area contributed by atoms with Gasteiger partial charge in [0.05, 0.1) is 0 Å². The van der Waals surface area contributed by atoms with Crippen molar-refractivity contribution in [3.8, 4) is 0 Å². The Morgan fingerprint density at radius 3 is 1.08 bits per heavy atom. The number of allylic oxidation sites excluding steroid dienone is 4. The van der Waals surface area contributed by atoms with Gasteiger partial charge in [0.25, 0.3) is 0 Å². The van der Waals surface area contributed by atoms with Gasteiger partial charge >= 0.3 is 0 Å². The van der Waals surface area contributed by atoms with Crippen LogP contribution in [0.15, 0.2) is 24.3 Å². The van der Waals surface area contributed by atoms with E-state index in [0.717, 1.165) is 0 Å². The highest BCUT2D eigenvalue weighted by atomic mass is 13.9. The Balaban J connectivity index is 2.18. The van der Waals surface area contributed by atoms with Crippen molar-refractivity contribution in [1.82, 2.24) is 0 Å². The predicted molar refractivity (Wildman–Crippen MR) is 59.8 cm³/mol. The van der Waals surface area contributed by atoms with Crippen molar-refractivity contribution < 1.29 is 0 Å². The predicted octanol–water partition coefficient (Wildman–Crippen LogP) is 4.62. The molecule has 0 N–H and O–H groups in total. The molecule has 0 saturated carbocycles. The van der Waals surface area contributed by atoms with Crippen molar-refractivity contribution in [2.24, 2.45) is 0 Å². The van der Waals surface area contributed by atoms with E-state index in [9.17, 15) is 0 Å². The number of hydrogen-bond acceptors (Lipinski definition) is 0. The molecule has 0 aromatic rings. The molecule has 0 nitrogen and oxygen atoms in total. The highest BCUT2D eigenvalue weighted by Gasteiger charge is 1.88. The van der Waals surface area contributed by atoms with Crippen molar-refractivity contribution in [1.29, 1.82) is 0 Å². The molecule has 0 aromatic heterocycles. The van der Waals surface area contributed by atoms with Gasteiger partial charge < -0.3 is 0 Å². The van der Waals surface area contributed by atoms with Crippen molar-refractivity contribution in [2.45, 2.75) is 57.8 Å². The van der Waals surface area contributed by atoms with Gasteiger partial charge in [0.2, 0.25) is 0 Å². The minimum Gasteiger partial charge on any atom is -0.0885 e. The zero-order chi connectivity index (χ0) is 9.19. The average Bonchev–Trinajstić information content (AvgIpc) is 2.18. The van der Waals surface area contributed by atoms with Crippen LogP contribution >= 0.6 is 0 Å². The summed E-state index contributed by atoms with van der Waals surface area (Å²) in [6, 6.07) is 0. The third-order valence-corrected chi connectivity index (χ3v) is 2.57. The molecule has 0 aliphatic heterocycles. The molecular weight excluding hydrogens is 156 g/mol. The van der Waals surface area contributed by atoms with E-state index in [1.54, 1.807) is 0 Å². The van der Waals surface area contributed by atoms with E-state index in [4.69, 9.17) is 0 Å². The summed E-state index contributed by atoms with van der Waals surface area (Å²) in [6.45, 7) is 0. The Labute approximate surface area is 82.7 Å². The van der Waals surface area contributed by atoms with Gasteiger partial charge in [-0.1, -0.05) is 30.7 Å². The van der Waals surface area contributed by atoms with Crippen LogP contribution in [0.2, 0.25) is 0 Å². The summed E-state index contributed by atoms with van der Waals surface area (Å²) in [6.07, 6.45) is 21.5. The summed E-state index contributed by atoms with van der Waals surface area (Å²) < 4.78 is 0. The van der Waals surface area contributed by atoms with Crippen molar-refractivity contribution in [3.05, 3.63) is 24.3 Å². The molecule has 0 heterocycles. The van der Waals surface area contributed by atoms with Crippen LogP contribution in [0.5, 0.6) is 0 Å². The normalized spacial score (nSPS) is 21.5. The maximum Gasteiger partial charge on any atom is -0.0351 e. The van der Waals surface area contributed by atoms with Gasteiger partial charge in [-0.2, -0.15) is 0 Å². The molecule has 1 aliphatic carbocycles. The first kappa shape index (κ1) is 10.6. The minimum atomic E-state index is 1.29. The largest absolute Gasteiger partial charge is 0.0885 e. The SMILES string of the molecule is C1=CCCCCCC=CCCCC1. The fraction of sp³-hybridized carbons (Fsp3) is 0.692. The van der Waals surface area contributed by atoms with Crippen LogP contribution in [0.4, 0.5) is 0 Å². The van der Waals surface area contributed by atoms with Crippen LogP contribution in [-0.4, -0.2) is 0 Å². The fourth-order valence-corrected chi connectivity index (χ4v) is 1.70. The van der Waals surface area contributed by atoms with Crippen molar-refractivity contribution in [2.75, 3.05) is 0 Å². The molecular formula is C13H22. The van der Waals surface area contributed by atoms with E-state index < -0.39 is 0 Å². The fourth-order valence-electron chi connectivity index (χ4n) is 1.70. The summed E-state index contributed by atoms with van der Waals surface area (Å²) in [5.41, 5.74) is 0. The smallest absolute Gasteiger partial charge is 0.0351 e. The monoisotopic (exact) mass is 178 g/mol. The Bertz CT molecular complexity index is 135. The molecule has 1 rings (SSSR count). The molecule has 0 amide bonds. The second-order valence-electron chi connectivity index (χ2n) is 3.87. The lowest BCUT2D eigenvalue weighted by Crippen LogP contribution is -1.74. The molecule has 0 atom stereocenters. The van der Waals surface area contributed by atoms with E-state index in [1.165, 1.54) is 57.8 Å². The van der Waals surface area contributed by atoms with Crippen LogP contribution in [0.25, 0.3) is 0 Å². The highest BCUT2D eigenvalue weighted by Crippen LogP contribution is 2.08. The standard InChI is InChI=1S/C13H22/c1-2-4-6-8-10-12-13-11-9-7-5-3-1/h1-2,11,13H,3-10,12H2. The Morgan fingerprint density at radius 2 is 0.692 bits per heavy atom. The summed E-state index contributed by atoms with van der Waals surface area (Å²) in [7, 11) is 0. The molecule has 0 radical (unpaired) electrons. The van der Waals surface area contributed by atoms with Gasteiger partial charge in [-0.05, 0) is 51.4 Å². The van der Waals surface area contributed by atoms with E-state index in [0.29, 0.717) is 0 Å². The molecule has 0 unspecified atom stereocenters. The lowest BCUT2D eigenvalue weighted by Gasteiger charge is -1.94. The van der Waals surface area contributed by atoms with Gasteiger partial charge in [-0.3, -0.25) is 0 Å². The maximum absolute atomic E-state index is 2.37. The average molecular weight is 178 g/mol. The van der Waals surface area contributed by atoms with Crippen LogP contribution in [-0.2, 0) is 0 Å². The lowest BCUT2D eigenvalue weighted by atomic mass is 10.1. The van der Waals surface area contributed by atoms with Crippen LogP contribution < -0.4 is 0 Å². The number of hydrogen-bond donors (Lipinski definition) is 0. The third kappa shape index (κ3) is 6.62. The molecule has 0 aromatic carbocycles. The van der Waals surface area contributed by atoms with Crippen LogP contribution in [0.1, 0.15) is 57.8 Å². The van der Waals surface area contributed by atoms with Crippen LogP contribution in [0.3, 0.4) is 0 Å². The molecule has 1 aliphatic rings. The minimum absolute atomic E-state index is 1.29. The molecule has 0 heteroatoms. The van der Waals surface area contributed by atoms with E-state index in [1.807, 2.05) is 0 Å². The van der Waals surface area contributed by atoms with Gasteiger partial charge in [-0.25, -0.2) is 0 Å². The van der Waals surface area contributed by atoms with Crippen LogP contribution in [0, 0.1) is 0 Å². The third-order valence-electron chi connectivity index (χ3n) is 2.57. The second-order valence-corrected chi connectivity index (χ2v) is 3.87. The van der Waals surface area contributed by atoms with E-state index in [2.05, 4.69) is 24.3 Å². The molecule has 0 fully saturated rings. The van der Waals surface area contributed by atoms with Gasteiger partial charge in [0.15, 0.2) is 0 Å². The Morgan fingerprint density at radius 1 is 0.385 bits per heavy atom. The molecule has 0 saturated heterocycles. The van der Waals surface area contributed by atoms with E-state index >= 15 is 0 Å². The highest BCUT2D eigenvalue weighted by molar-refractivity contribution is 4.85. The maximum atomic E-state index is 2.37. The zero-order valence-electron chi connectivity index (χ0n) is 8.67. The number of rotatable bonds is 0. The quantitative estimate of drug-likeness (QED) is 0.475. The first-order valence-corrected chi connectivity index (χ1v) is 5.80. The molecule has 13 heavy (non-hydrogen) atoms. The zero-order valence-corrected chi connectivity index (χ0v) is 8.67.